The normalized spacial score (nSPS) is 8.92. The van der Waals surface area contributed by atoms with Gasteiger partial charge in [0.05, 0.1) is 5.75 Å². The Hall–Kier alpha value is -0.670. The van der Waals surface area contributed by atoms with E-state index in [1.807, 2.05) is 18.2 Å². The smallest absolute Gasteiger partial charge is 0.101 e. The first-order valence-electron chi connectivity index (χ1n) is 3.73. The molecule has 2 nitrogen and oxygen atoms in total. The summed E-state index contributed by atoms with van der Waals surface area (Å²) in [6.07, 6.45) is 0. The lowest BCUT2D eigenvalue weighted by Crippen LogP contribution is -2.12. The number of hydrogen-bond acceptors (Lipinski definition) is 2. The third-order valence-corrected chi connectivity index (χ3v) is 2.42. The van der Waals surface area contributed by atoms with Crippen LogP contribution in [0.3, 0.4) is 0 Å². The molecule has 0 atom stereocenters. The molecule has 1 aromatic rings. The highest BCUT2D eigenvalue weighted by atomic mass is 35.5. The number of rotatable bonds is 4. The van der Waals surface area contributed by atoms with E-state index in [4.69, 9.17) is 11.1 Å². The zero-order valence-electron chi connectivity index (χ0n) is 7.19. The quantitative estimate of drug-likeness (QED) is 0.599. The van der Waals surface area contributed by atoms with Crippen molar-refractivity contribution < 1.29 is 0 Å². The predicted octanol–water partition coefficient (Wildman–Crippen LogP) is 2.28. The molecule has 4 heteroatoms. The molecular weight excluding hydrogens is 204 g/mol. The highest BCUT2D eigenvalue weighted by Crippen LogP contribution is 2.10. The van der Waals surface area contributed by atoms with Crippen molar-refractivity contribution in [1.29, 1.82) is 5.41 Å². The van der Waals surface area contributed by atoms with Crippen molar-refractivity contribution in [2.24, 2.45) is 5.73 Å². The lowest BCUT2D eigenvalue weighted by molar-refractivity contribution is 1.39. The number of hydrogen-bond donors (Lipinski definition) is 2. The van der Waals surface area contributed by atoms with Gasteiger partial charge >= 0.3 is 0 Å². The van der Waals surface area contributed by atoms with Gasteiger partial charge in [-0.3, -0.25) is 5.41 Å². The van der Waals surface area contributed by atoms with E-state index in [0.717, 1.165) is 5.75 Å². The maximum Gasteiger partial charge on any atom is 0.101 e. The average Bonchev–Trinajstić information content (AvgIpc) is 2.05. The summed E-state index contributed by atoms with van der Waals surface area (Å²) in [7, 11) is 0. The lowest BCUT2D eigenvalue weighted by Gasteiger charge is -1.99. The largest absolute Gasteiger partial charge is 0.387 e. The van der Waals surface area contributed by atoms with Crippen molar-refractivity contribution in [2.75, 3.05) is 5.75 Å². The summed E-state index contributed by atoms with van der Waals surface area (Å²) in [5.74, 6) is 1.80. The Morgan fingerprint density at radius 1 is 1.31 bits per heavy atom. The highest BCUT2D eigenvalue weighted by Gasteiger charge is 1.92. The molecule has 0 saturated carbocycles. The third kappa shape index (κ3) is 5.55. The minimum absolute atomic E-state index is 0. The Kier molecular flexibility index (Phi) is 6.45. The number of halogens is 1. The second kappa shape index (κ2) is 6.80. The summed E-state index contributed by atoms with van der Waals surface area (Å²) in [6.45, 7) is 0. The van der Waals surface area contributed by atoms with Gasteiger partial charge in [-0.1, -0.05) is 30.3 Å². The molecule has 0 aliphatic carbocycles. The zero-order chi connectivity index (χ0) is 8.81. The summed E-state index contributed by atoms with van der Waals surface area (Å²) in [4.78, 5) is 0. The van der Waals surface area contributed by atoms with Crippen LogP contribution in [0.1, 0.15) is 5.56 Å². The number of thioether (sulfide) groups is 1. The van der Waals surface area contributed by atoms with Gasteiger partial charge in [-0.2, -0.15) is 0 Å². The monoisotopic (exact) mass is 216 g/mol. The number of nitrogens with one attached hydrogen (secondary N) is 1. The van der Waals surface area contributed by atoms with Gasteiger partial charge in [-0.15, -0.1) is 24.2 Å². The molecular formula is C9H13ClN2S. The van der Waals surface area contributed by atoms with Gasteiger partial charge in [-0.05, 0) is 5.56 Å². The standard InChI is InChI=1S/C9H12N2S.ClH/c10-9(11)7-12-6-8-4-2-1-3-5-8;/h1-5H,6-7H2,(H3,10,11);1H. The summed E-state index contributed by atoms with van der Waals surface area (Å²) in [5.41, 5.74) is 6.50. The molecule has 0 aliphatic rings. The Bertz CT molecular complexity index is 251. The predicted molar refractivity (Wildman–Crippen MR) is 61.8 cm³/mol. The minimum Gasteiger partial charge on any atom is -0.387 e. The molecule has 1 aromatic carbocycles. The second-order valence-corrected chi connectivity index (χ2v) is 3.49. The fourth-order valence-corrected chi connectivity index (χ4v) is 1.60. The van der Waals surface area contributed by atoms with Crippen molar-refractivity contribution in [3.05, 3.63) is 35.9 Å². The fraction of sp³-hybridized carbons (Fsp3) is 0.222. The van der Waals surface area contributed by atoms with E-state index in [9.17, 15) is 0 Å². The van der Waals surface area contributed by atoms with Gasteiger partial charge < -0.3 is 5.73 Å². The summed E-state index contributed by atoms with van der Waals surface area (Å²) < 4.78 is 0. The Morgan fingerprint density at radius 2 is 1.92 bits per heavy atom. The lowest BCUT2D eigenvalue weighted by atomic mass is 10.2. The SMILES string of the molecule is Cl.N=C(N)CSCc1ccccc1. The molecule has 0 bridgehead atoms. The first kappa shape index (κ1) is 12.3. The summed E-state index contributed by atoms with van der Waals surface area (Å²) in [6, 6.07) is 10.2. The average molecular weight is 217 g/mol. The van der Waals surface area contributed by atoms with Gasteiger partial charge in [0.1, 0.15) is 5.84 Å². The molecule has 0 aliphatic heterocycles. The van der Waals surface area contributed by atoms with E-state index in [1.165, 1.54) is 5.56 Å². The topological polar surface area (TPSA) is 49.9 Å². The van der Waals surface area contributed by atoms with E-state index >= 15 is 0 Å². The van der Waals surface area contributed by atoms with Crippen LogP contribution in [0.5, 0.6) is 0 Å². The van der Waals surface area contributed by atoms with Crippen molar-refractivity contribution in [1.82, 2.24) is 0 Å². The molecule has 1 rings (SSSR count). The Morgan fingerprint density at radius 3 is 2.46 bits per heavy atom. The zero-order valence-corrected chi connectivity index (χ0v) is 8.83. The molecule has 72 valence electrons. The summed E-state index contributed by atoms with van der Waals surface area (Å²) >= 11 is 1.66. The molecule has 13 heavy (non-hydrogen) atoms. The molecule has 0 radical (unpaired) electrons. The van der Waals surface area contributed by atoms with Gasteiger partial charge in [0.2, 0.25) is 0 Å². The van der Waals surface area contributed by atoms with Gasteiger partial charge in [0.15, 0.2) is 0 Å². The Labute approximate surface area is 88.8 Å². The van der Waals surface area contributed by atoms with E-state index in [2.05, 4.69) is 12.1 Å². The molecule has 0 unspecified atom stereocenters. The maximum absolute atomic E-state index is 7.02. The second-order valence-electron chi connectivity index (χ2n) is 2.50. The van der Waals surface area contributed by atoms with Crippen LogP contribution in [0, 0.1) is 5.41 Å². The van der Waals surface area contributed by atoms with Crippen LogP contribution in [0.25, 0.3) is 0 Å². The fourth-order valence-electron chi connectivity index (χ4n) is 0.853. The van der Waals surface area contributed by atoms with Crippen molar-refractivity contribution in [2.45, 2.75) is 5.75 Å². The first-order chi connectivity index (χ1) is 5.79. The van der Waals surface area contributed by atoms with E-state index in [1.54, 1.807) is 11.8 Å². The van der Waals surface area contributed by atoms with Crippen LogP contribution < -0.4 is 5.73 Å². The van der Waals surface area contributed by atoms with Crippen LogP contribution in [0.15, 0.2) is 30.3 Å². The third-order valence-electron chi connectivity index (χ3n) is 1.37. The van der Waals surface area contributed by atoms with Crippen LogP contribution in [0.4, 0.5) is 0 Å². The van der Waals surface area contributed by atoms with Crippen LogP contribution >= 0.6 is 24.2 Å². The molecule has 0 saturated heterocycles. The number of nitrogens with two attached hydrogens (primary N) is 1. The number of benzene rings is 1. The van der Waals surface area contributed by atoms with Crippen molar-refractivity contribution in [3.8, 4) is 0 Å². The van der Waals surface area contributed by atoms with Crippen molar-refractivity contribution >= 4 is 30.0 Å². The highest BCUT2D eigenvalue weighted by molar-refractivity contribution is 7.99. The molecule has 0 heterocycles. The van der Waals surface area contributed by atoms with Gasteiger partial charge in [-0.25, -0.2) is 0 Å². The van der Waals surface area contributed by atoms with Crippen LogP contribution in [-0.2, 0) is 5.75 Å². The van der Waals surface area contributed by atoms with Crippen LogP contribution in [0.2, 0.25) is 0 Å². The molecule has 0 amide bonds. The maximum atomic E-state index is 7.02. The van der Waals surface area contributed by atoms with Gasteiger partial charge in [0.25, 0.3) is 0 Å². The molecule has 0 spiro atoms. The summed E-state index contributed by atoms with van der Waals surface area (Å²) in [5, 5.41) is 7.02. The van der Waals surface area contributed by atoms with E-state index in [-0.39, 0.29) is 18.2 Å². The first-order valence-corrected chi connectivity index (χ1v) is 4.89. The van der Waals surface area contributed by atoms with Crippen molar-refractivity contribution in [3.63, 3.8) is 0 Å². The Balaban J connectivity index is 0.00000144. The van der Waals surface area contributed by atoms with E-state index < -0.39 is 0 Å². The molecule has 0 aromatic heterocycles. The van der Waals surface area contributed by atoms with E-state index in [0.29, 0.717) is 5.75 Å². The molecule has 0 fully saturated rings. The number of amidine groups is 1. The molecule has 3 N–H and O–H groups in total. The minimum atomic E-state index is 0. The van der Waals surface area contributed by atoms with Gasteiger partial charge in [0, 0.05) is 5.75 Å². The van der Waals surface area contributed by atoms with Crippen LogP contribution in [-0.4, -0.2) is 11.6 Å².